The Bertz CT molecular complexity index is 995. The van der Waals surface area contributed by atoms with E-state index in [2.05, 4.69) is 11.4 Å². The molecule has 1 N–H and O–H groups in total. The number of hydrogen-bond acceptors (Lipinski definition) is 3. The van der Waals surface area contributed by atoms with E-state index in [-0.39, 0.29) is 12.5 Å². The van der Waals surface area contributed by atoms with Gasteiger partial charge in [0, 0.05) is 12.1 Å². The predicted molar refractivity (Wildman–Crippen MR) is 118 cm³/mol. The van der Waals surface area contributed by atoms with Crippen molar-refractivity contribution in [3.63, 3.8) is 0 Å². The monoisotopic (exact) mass is 412 g/mol. The number of anilines is 1. The molecule has 0 heterocycles. The van der Waals surface area contributed by atoms with Gasteiger partial charge in [-0.2, -0.15) is 0 Å². The van der Waals surface area contributed by atoms with Crippen molar-refractivity contribution in [3.8, 4) is 0 Å². The van der Waals surface area contributed by atoms with E-state index in [1.165, 1.54) is 29.0 Å². The predicted octanol–water partition coefficient (Wildman–Crippen LogP) is 4.19. The Morgan fingerprint density at radius 1 is 1.07 bits per heavy atom. The number of hydrogen-bond donors (Lipinski definition) is 1. The van der Waals surface area contributed by atoms with Crippen LogP contribution in [0.2, 0.25) is 0 Å². The summed E-state index contributed by atoms with van der Waals surface area (Å²) in [5.74, 6) is -0.109. The van der Waals surface area contributed by atoms with Gasteiger partial charge in [-0.25, -0.2) is 8.42 Å². The van der Waals surface area contributed by atoms with Crippen LogP contribution in [-0.2, 0) is 16.6 Å². The number of nitrogens with zero attached hydrogens (tertiary/aromatic N) is 1. The maximum absolute atomic E-state index is 12.4. The third-order valence-corrected chi connectivity index (χ3v) is 6.31. The van der Waals surface area contributed by atoms with Gasteiger partial charge in [-0.05, 0) is 61.9 Å². The van der Waals surface area contributed by atoms with Gasteiger partial charge < -0.3 is 5.32 Å². The Morgan fingerprint density at radius 2 is 1.79 bits per heavy atom. The summed E-state index contributed by atoms with van der Waals surface area (Å²) in [5.41, 5.74) is 4.25. The fourth-order valence-corrected chi connectivity index (χ4v) is 4.46. The van der Waals surface area contributed by atoms with Crippen LogP contribution in [0.25, 0.3) is 0 Å². The number of sulfonamides is 1. The zero-order valence-corrected chi connectivity index (χ0v) is 17.8. The van der Waals surface area contributed by atoms with Gasteiger partial charge in [0.15, 0.2) is 0 Å². The highest BCUT2D eigenvalue weighted by molar-refractivity contribution is 7.92. The molecule has 1 aliphatic carbocycles. The second-order valence-corrected chi connectivity index (χ2v) is 9.45. The highest BCUT2D eigenvalue weighted by atomic mass is 32.2. The third kappa shape index (κ3) is 5.70. The lowest BCUT2D eigenvalue weighted by Gasteiger charge is -2.24. The van der Waals surface area contributed by atoms with Crippen LogP contribution >= 0.6 is 0 Å². The molecule has 1 aliphatic rings. The Hall–Kier alpha value is -2.60. The first-order valence-corrected chi connectivity index (χ1v) is 11.8. The molecular formula is C23H28N2O3S. The Labute approximate surface area is 173 Å². The van der Waals surface area contributed by atoms with Crippen molar-refractivity contribution in [1.82, 2.24) is 5.32 Å². The fraction of sp³-hybridized carbons (Fsp3) is 0.348. The van der Waals surface area contributed by atoms with Crippen molar-refractivity contribution in [2.24, 2.45) is 0 Å². The minimum absolute atomic E-state index is 0.109. The quantitative estimate of drug-likeness (QED) is 0.694. The summed E-state index contributed by atoms with van der Waals surface area (Å²) in [4.78, 5) is 12.4. The number of carbonyl (C=O) groups excluding carboxylic acids is 1. The fourth-order valence-electron chi connectivity index (χ4n) is 3.51. The molecule has 0 saturated carbocycles. The molecule has 29 heavy (non-hydrogen) atoms. The van der Waals surface area contributed by atoms with Gasteiger partial charge in [-0.3, -0.25) is 9.10 Å². The summed E-state index contributed by atoms with van der Waals surface area (Å²) in [6.07, 6.45) is 8.00. The number of para-hydroxylation sites is 1. The molecule has 5 nitrogen and oxygen atoms in total. The Balaban J connectivity index is 1.69. The zero-order valence-electron chi connectivity index (χ0n) is 17.0. The summed E-state index contributed by atoms with van der Waals surface area (Å²) in [5, 5.41) is 2.97. The minimum atomic E-state index is -3.44. The van der Waals surface area contributed by atoms with E-state index in [4.69, 9.17) is 0 Å². The average molecular weight is 413 g/mol. The van der Waals surface area contributed by atoms with E-state index in [0.717, 1.165) is 24.0 Å². The summed E-state index contributed by atoms with van der Waals surface area (Å²) >= 11 is 0. The van der Waals surface area contributed by atoms with Crippen LogP contribution in [0.5, 0.6) is 0 Å². The third-order valence-electron chi connectivity index (χ3n) is 5.19. The number of allylic oxidation sites excluding steroid dienone is 1. The lowest BCUT2D eigenvalue weighted by Crippen LogP contribution is -2.30. The van der Waals surface area contributed by atoms with Crippen LogP contribution in [0, 0.1) is 6.92 Å². The Kier molecular flexibility index (Phi) is 6.75. The number of benzene rings is 2. The van der Waals surface area contributed by atoms with Crippen molar-refractivity contribution < 1.29 is 13.2 Å². The number of amides is 1. The first kappa shape index (κ1) is 21.1. The summed E-state index contributed by atoms with van der Waals surface area (Å²) in [6, 6.07) is 14.5. The molecule has 1 amide bonds. The van der Waals surface area contributed by atoms with E-state index in [9.17, 15) is 13.2 Å². The first-order chi connectivity index (χ1) is 13.8. The highest BCUT2D eigenvalue weighted by Crippen LogP contribution is 2.24. The molecule has 3 rings (SSSR count). The molecule has 0 fully saturated rings. The van der Waals surface area contributed by atoms with E-state index in [1.54, 1.807) is 18.2 Å². The molecule has 0 spiro atoms. The van der Waals surface area contributed by atoms with Crippen molar-refractivity contribution >= 4 is 21.6 Å². The van der Waals surface area contributed by atoms with Crippen molar-refractivity contribution in [2.75, 3.05) is 17.1 Å². The maximum Gasteiger partial charge on any atom is 0.251 e. The number of rotatable bonds is 7. The highest BCUT2D eigenvalue weighted by Gasteiger charge is 2.19. The second-order valence-electron chi connectivity index (χ2n) is 7.54. The average Bonchev–Trinajstić information content (AvgIpc) is 2.71. The normalized spacial score (nSPS) is 14.2. The molecule has 0 radical (unpaired) electrons. The van der Waals surface area contributed by atoms with E-state index in [1.807, 2.05) is 37.3 Å². The molecule has 0 atom stereocenters. The van der Waals surface area contributed by atoms with E-state index < -0.39 is 10.0 Å². The van der Waals surface area contributed by atoms with Crippen LogP contribution in [0.3, 0.4) is 0 Å². The molecule has 0 unspecified atom stereocenters. The van der Waals surface area contributed by atoms with Crippen LogP contribution in [0.4, 0.5) is 5.69 Å². The molecule has 0 bridgehead atoms. The van der Waals surface area contributed by atoms with E-state index >= 15 is 0 Å². The first-order valence-electron chi connectivity index (χ1n) is 9.93. The summed E-state index contributed by atoms with van der Waals surface area (Å²) in [7, 11) is -3.44. The number of carbonyl (C=O) groups is 1. The van der Waals surface area contributed by atoms with Gasteiger partial charge in [0.2, 0.25) is 10.0 Å². The van der Waals surface area contributed by atoms with Crippen LogP contribution in [0.15, 0.2) is 60.2 Å². The number of nitrogens with one attached hydrogen (secondary N) is 1. The lowest BCUT2D eigenvalue weighted by molar-refractivity contribution is 0.0956. The van der Waals surface area contributed by atoms with Crippen LogP contribution in [0.1, 0.15) is 47.2 Å². The molecule has 0 saturated heterocycles. The molecule has 0 aliphatic heterocycles. The van der Waals surface area contributed by atoms with Gasteiger partial charge in [0.05, 0.1) is 18.5 Å². The molecule has 2 aromatic rings. The molecular weight excluding hydrogens is 384 g/mol. The Morgan fingerprint density at radius 3 is 2.41 bits per heavy atom. The van der Waals surface area contributed by atoms with Crippen molar-refractivity contribution in [3.05, 3.63) is 76.9 Å². The largest absolute Gasteiger partial charge is 0.348 e. The number of aryl methyl sites for hydroxylation is 1. The second kappa shape index (κ2) is 9.27. The van der Waals surface area contributed by atoms with Crippen molar-refractivity contribution in [2.45, 2.75) is 39.2 Å². The minimum Gasteiger partial charge on any atom is -0.348 e. The van der Waals surface area contributed by atoms with Crippen LogP contribution in [-0.4, -0.2) is 27.1 Å². The van der Waals surface area contributed by atoms with Gasteiger partial charge in [-0.15, -0.1) is 0 Å². The zero-order chi connectivity index (χ0) is 20.9. The molecule has 0 aromatic heterocycles. The van der Waals surface area contributed by atoms with E-state index in [0.29, 0.717) is 17.8 Å². The SMILES string of the molecule is Cc1ccccc1N(Cc1ccc(C(=O)NCC2=CCCCC2)cc1)S(C)(=O)=O. The smallest absolute Gasteiger partial charge is 0.251 e. The van der Waals surface area contributed by atoms with Crippen molar-refractivity contribution in [1.29, 1.82) is 0 Å². The maximum atomic E-state index is 12.4. The van der Waals surface area contributed by atoms with Gasteiger partial charge >= 0.3 is 0 Å². The lowest BCUT2D eigenvalue weighted by atomic mass is 9.99. The molecule has 2 aromatic carbocycles. The topological polar surface area (TPSA) is 66.5 Å². The summed E-state index contributed by atoms with van der Waals surface area (Å²) < 4.78 is 26.1. The molecule has 6 heteroatoms. The van der Waals surface area contributed by atoms with Gasteiger partial charge in [0.1, 0.15) is 0 Å². The van der Waals surface area contributed by atoms with Crippen LogP contribution < -0.4 is 9.62 Å². The molecule has 154 valence electrons. The van der Waals surface area contributed by atoms with Gasteiger partial charge in [-0.1, -0.05) is 42.0 Å². The standard InChI is InChI=1S/C23H28N2O3S/c1-18-8-6-7-11-22(18)25(29(2,27)28)17-20-12-14-21(15-13-20)23(26)24-16-19-9-4-3-5-10-19/h6-9,11-15H,3-5,10,16-17H2,1-2H3,(H,24,26). The summed E-state index contributed by atoms with van der Waals surface area (Å²) in [6.45, 7) is 2.71. The van der Waals surface area contributed by atoms with Gasteiger partial charge in [0.25, 0.3) is 5.91 Å².